The highest BCUT2D eigenvalue weighted by Gasteiger charge is 2.30. The Kier molecular flexibility index (Phi) is 2.72. The molecule has 0 saturated carbocycles. The average molecular weight is 130 g/mol. The second kappa shape index (κ2) is 2.72. The van der Waals surface area contributed by atoms with E-state index in [0.717, 1.165) is 0 Å². The quantitative estimate of drug-likeness (QED) is 0.498. The molecule has 0 unspecified atom stereocenters. The third-order valence-corrected chi connectivity index (χ3v) is 2.26. The van der Waals surface area contributed by atoms with Crippen LogP contribution < -0.4 is 0 Å². The summed E-state index contributed by atoms with van der Waals surface area (Å²) in [5.74, 6) is 0.245. The summed E-state index contributed by atoms with van der Waals surface area (Å²) in [6, 6.07) is 0. The summed E-state index contributed by atoms with van der Waals surface area (Å²) in [7, 11) is 1.67. The first kappa shape index (κ1) is 8.99. The third-order valence-electron chi connectivity index (χ3n) is 2.26. The normalized spacial score (nSPS) is 13.2. The molecule has 0 rings (SSSR count). The molecular formula is C7H16BF. The van der Waals surface area contributed by atoms with Gasteiger partial charge in [0.2, 0.25) is 0 Å². The van der Waals surface area contributed by atoms with Gasteiger partial charge in [0, 0.05) is 0 Å². The second-order valence-corrected chi connectivity index (χ2v) is 3.46. The maximum atomic E-state index is 13.3. The lowest BCUT2D eigenvalue weighted by atomic mass is 9.68. The van der Waals surface area contributed by atoms with Gasteiger partial charge in [-0.05, 0) is 11.8 Å². The summed E-state index contributed by atoms with van der Waals surface area (Å²) >= 11 is 0. The van der Waals surface area contributed by atoms with Crippen LogP contribution in [-0.2, 0) is 0 Å². The molecule has 0 nitrogen and oxygen atoms in total. The Balaban J connectivity index is 4.01. The molecule has 0 bridgehead atoms. The van der Waals surface area contributed by atoms with Crippen molar-refractivity contribution in [3.8, 4) is 0 Å². The largest absolute Gasteiger partial charge is 0.254 e. The Morgan fingerprint density at radius 1 is 1.11 bits per heavy atom. The van der Waals surface area contributed by atoms with Crippen molar-refractivity contribution in [1.82, 2.24) is 0 Å². The summed E-state index contributed by atoms with van der Waals surface area (Å²) < 4.78 is 13.3. The van der Waals surface area contributed by atoms with Gasteiger partial charge in [-0.25, -0.2) is 0 Å². The van der Waals surface area contributed by atoms with Gasteiger partial charge in [-0.1, -0.05) is 27.7 Å². The Labute approximate surface area is 58.2 Å². The lowest BCUT2D eigenvalue weighted by Gasteiger charge is -2.28. The van der Waals surface area contributed by atoms with Gasteiger partial charge in [0.05, 0.1) is 5.57 Å². The van der Waals surface area contributed by atoms with Crippen LogP contribution in [-0.4, -0.2) is 13.4 Å². The van der Waals surface area contributed by atoms with Crippen LogP contribution in [0.3, 0.4) is 0 Å². The van der Waals surface area contributed by atoms with Gasteiger partial charge >= 0.3 is 0 Å². The highest BCUT2D eigenvalue weighted by Crippen LogP contribution is 2.26. The molecule has 0 aliphatic rings. The molecule has 0 amide bonds. The van der Waals surface area contributed by atoms with E-state index in [2.05, 4.69) is 0 Å². The molecule has 54 valence electrons. The highest BCUT2D eigenvalue weighted by molar-refractivity contribution is 6.14. The Bertz CT molecular complexity index is 76.9. The minimum absolute atomic E-state index is 0.123. The van der Waals surface area contributed by atoms with Gasteiger partial charge in [0.25, 0.3) is 0 Å². The van der Waals surface area contributed by atoms with Gasteiger partial charge in [0.15, 0.2) is 7.85 Å². The second-order valence-electron chi connectivity index (χ2n) is 3.46. The minimum atomic E-state index is -1.00. The predicted molar refractivity (Wildman–Crippen MR) is 42.1 cm³/mol. The van der Waals surface area contributed by atoms with E-state index >= 15 is 0 Å². The SMILES string of the molecule is BC(F)(C(C)C)C(C)C. The molecule has 0 atom stereocenters. The van der Waals surface area contributed by atoms with Crippen LogP contribution in [0.2, 0.25) is 0 Å². The zero-order valence-corrected chi connectivity index (χ0v) is 7.03. The predicted octanol–water partition coefficient (Wildman–Crippen LogP) is 1.60. The molecule has 0 aromatic heterocycles. The first-order valence-electron chi connectivity index (χ1n) is 3.58. The van der Waals surface area contributed by atoms with Crippen LogP contribution in [0.1, 0.15) is 27.7 Å². The Morgan fingerprint density at radius 2 is 1.33 bits per heavy atom. The van der Waals surface area contributed by atoms with Crippen LogP contribution in [0.4, 0.5) is 4.39 Å². The maximum Gasteiger partial charge on any atom is 0.150 e. The molecule has 0 N–H and O–H groups in total. The molecule has 0 aliphatic heterocycles. The number of hydrogen-bond donors (Lipinski definition) is 0. The lowest BCUT2D eigenvalue weighted by molar-refractivity contribution is 0.140. The molecule has 0 aromatic carbocycles. The van der Waals surface area contributed by atoms with Crippen molar-refractivity contribution in [1.29, 1.82) is 0 Å². The summed E-state index contributed by atoms with van der Waals surface area (Å²) in [6.45, 7) is 7.67. The molecule has 0 saturated heterocycles. The topological polar surface area (TPSA) is 0 Å². The molecule has 0 radical (unpaired) electrons. The minimum Gasteiger partial charge on any atom is -0.254 e. The molecule has 0 aliphatic carbocycles. The van der Waals surface area contributed by atoms with Crippen LogP contribution >= 0.6 is 0 Å². The van der Waals surface area contributed by atoms with Crippen molar-refractivity contribution in [2.45, 2.75) is 33.3 Å². The number of hydrogen-bond acceptors (Lipinski definition) is 0. The standard InChI is InChI=1S/C7H16BF/c1-5(2)7(8,9)6(3)4/h5-6H,8H2,1-4H3. The molecule has 0 fully saturated rings. The third kappa shape index (κ3) is 2.00. The number of alkyl halides is 1. The van der Waals surface area contributed by atoms with E-state index in [-0.39, 0.29) is 11.8 Å². The zero-order valence-electron chi connectivity index (χ0n) is 7.03. The summed E-state index contributed by atoms with van der Waals surface area (Å²) in [5, 5.41) is 0. The summed E-state index contributed by atoms with van der Waals surface area (Å²) in [6.07, 6.45) is 0. The summed E-state index contributed by atoms with van der Waals surface area (Å²) in [5.41, 5.74) is -1.00. The van der Waals surface area contributed by atoms with Crippen molar-refractivity contribution in [2.24, 2.45) is 11.8 Å². The molecule has 0 aromatic rings. The number of rotatable bonds is 2. The Morgan fingerprint density at radius 3 is 1.33 bits per heavy atom. The lowest BCUT2D eigenvalue weighted by Crippen LogP contribution is -2.36. The van der Waals surface area contributed by atoms with E-state index in [9.17, 15) is 4.39 Å². The molecule has 2 heteroatoms. The van der Waals surface area contributed by atoms with E-state index in [4.69, 9.17) is 0 Å². The fourth-order valence-electron chi connectivity index (χ4n) is 0.667. The van der Waals surface area contributed by atoms with E-state index in [1.54, 1.807) is 7.85 Å². The first-order valence-corrected chi connectivity index (χ1v) is 3.58. The monoisotopic (exact) mass is 130 g/mol. The van der Waals surface area contributed by atoms with Gasteiger partial charge in [-0.15, -0.1) is 0 Å². The molecule has 9 heavy (non-hydrogen) atoms. The molecular weight excluding hydrogens is 114 g/mol. The van der Waals surface area contributed by atoms with Gasteiger partial charge in [-0.3, -0.25) is 4.39 Å². The number of halogens is 1. The highest BCUT2D eigenvalue weighted by atomic mass is 19.1. The van der Waals surface area contributed by atoms with Crippen molar-refractivity contribution < 1.29 is 4.39 Å². The Hall–Kier alpha value is -0.00506. The maximum absolute atomic E-state index is 13.3. The fraction of sp³-hybridized carbons (Fsp3) is 1.00. The van der Waals surface area contributed by atoms with Gasteiger partial charge in [-0.2, -0.15) is 0 Å². The van der Waals surface area contributed by atoms with E-state index < -0.39 is 5.57 Å². The molecule has 0 spiro atoms. The van der Waals surface area contributed by atoms with Crippen LogP contribution in [0.5, 0.6) is 0 Å². The van der Waals surface area contributed by atoms with Crippen molar-refractivity contribution in [3.05, 3.63) is 0 Å². The smallest absolute Gasteiger partial charge is 0.150 e. The van der Waals surface area contributed by atoms with Gasteiger partial charge in [0.1, 0.15) is 0 Å². The van der Waals surface area contributed by atoms with Crippen LogP contribution in [0.15, 0.2) is 0 Å². The van der Waals surface area contributed by atoms with Crippen LogP contribution in [0, 0.1) is 11.8 Å². The van der Waals surface area contributed by atoms with E-state index in [0.29, 0.717) is 0 Å². The van der Waals surface area contributed by atoms with E-state index in [1.807, 2.05) is 27.7 Å². The van der Waals surface area contributed by atoms with Crippen LogP contribution in [0.25, 0.3) is 0 Å². The van der Waals surface area contributed by atoms with E-state index in [1.165, 1.54) is 0 Å². The molecule has 0 heterocycles. The van der Waals surface area contributed by atoms with Gasteiger partial charge < -0.3 is 0 Å². The fourth-order valence-corrected chi connectivity index (χ4v) is 0.667. The van der Waals surface area contributed by atoms with Crippen molar-refractivity contribution >= 4 is 7.85 Å². The van der Waals surface area contributed by atoms with Crippen molar-refractivity contribution in [3.63, 3.8) is 0 Å². The van der Waals surface area contributed by atoms with Crippen molar-refractivity contribution in [2.75, 3.05) is 0 Å². The summed E-state index contributed by atoms with van der Waals surface area (Å²) in [4.78, 5) is 0. The zero-order chi connectivity index (χ0) is 7.65. The first-order chi connectivity index (χ1) is 3.89. The average Bonchev–Trinajstić information content (AvgIpc) is 1.65.